The predicted molar refractivity (Wildman–Crippen MR) is 70.5 cm³/mol. The lowest BCUT2D eigenvalue weighted by Crippen LogP contribution is -2.50. The molecule has 5 heteroatoms. The van der Waals surface area contributed by atoms with Crippen molar-refractivity contribution in [2.45, 2.75) is 25.8 Å². The van der Waals surface area contributed by atoms with Crippen molar-refractivity contribution in [1.82, 2.24) is 15.5 Å². The highest BCUT2D eigenvalue weighted by Crippen LogP contribution is 2.10. The molecular weight excluding hydrogens is 230 g/mol. The van der Waals surface area contributed by atoms with E-state index in [1.807, 2.05) is 11.8 Å². The molecule has 5 nitrogen and oxygen atoms in total. The fourth-order valence-electron chi connectivity index (χ4n) is 2.57. The maximum absolute atomic E-state index is 12.2. The fourth-order valence-corrected chi connectivity index (χ4v) is 2.57. The van der Waals surface area contributed by atoms with Crippen LogP contribution in [0.1, 0.15) is 19.8 Å². The number of rotatable bonds is 4. The number of ether oxygens (including phenoxy) is 1. The second kappa shape index (κ2) is 7.07. The minimum absolute atomic E-state index is 0.0713. The third-order valence-corrected chi connectivity index (χ3v) is 3.86. The summed E-state index contributed by atoms with van der Waals surface area (Å²) in [6, 6.07) is -0.0713. The first-order valence-corrected chi connectivity index (χ1v) is 7.08. The zero-order chi connectivity index (χ0) is 12.8. The Kier molecular flexibility index (Phi) is 5.41. The first-order valence-electron chi connectivity index (χ1n) is 7.08. The lowest BCUT2D eigenvalue weighted by Gasteiger charge is -2.30. The topological polar surface area (TPSA) is 53.6 Å². The van der Waals surface area contributed by atoms with E-state index in [0.29, 0.717) is 19.1 Å². The van der Waals surface area contributed by atoms with Crippen molar-refractivity contribution in [2.24, 2.45) is 5.92 Å². The Hall–Kier alpha value is -0.650. The Morgan fingerprint density at radius 3 is 2.72 bits per heavy atom. The van der Waals surface area contributed by atoms with Crippen molar-refractivity contribution in [1.29, 1.82) is 0 Å². The van der Waals surface area contributed by atoms with E-state index in [9.17, 15) is 4.79 Å². The summed E-state index contributed by atoms with van der Waals surface area (Å²) in [7, 11) is 0. The highest BCUT2D eigenvalue weighted by Gasteiger charge is 2.23. The Bertz CT molecular complexity index is 261. The molecule has 1 unspecified atom stereocenters. The van der Waals surface area contributed by atoms with Gasteiger partial charge in [-0.25, -0.2) is 0 Å². The second-order valence-electron chi connectivity index (χ2n) is 5.26. The zero-order valence-corrected chi connectivity index (χ0v) is 11.3. The van der Waals surface area contributed by atoms with Gasteiger partial charge in [-0.15, -0.1) is 0 Å². The first-order chi connectivity index (χ1) is 8.77. The van der Waals surface area contributed by atoms with Crippen LogP contribution in [0.5, 0.6) is 0 Å². The summed E-state index contributed by atoms with van der Waals surface area (Å²) in [6.07, 6.45) is 2.43. The molecule has 2 aliphatic rings. The first kappa shape index (κ1) is 13.8. The number of nitrogens with zero attached hydrogens (tertiary/aromatic N) is 1. The number of nitrogens with one attached hydrogen (secondary N) is 2. The van der Waals surface area contributed by atoms with Crippen LogP contribution >= 0.6 is 0 Å². The lowest BCUT2D eigenvalue weighted by molar-refractivity contribution is -0.137. The van der Waals surface area contributed by atoms with Gasteiger partial charge in [0, 0.05) is 13.1 Å². The molecule has 0 aromatic carbocycles. The molecule has 0 radical (unpaired) electrons. The molecule has 0 spiro atoms. The minimum Gasteiger partial charge on any atom is -0.378 e. The van der Waals surface area contributed by atoms with Gasteiger partial charge in [-0.2, -0.15) is 0 Å². The van der Waals surface area contributed by atoms with Crippen LogP contribution in [0.3, 0.4) is 0 Å². The maximum atomic E-state index is 12.2. The van der Waals surface area contributed by atoms with Crippen LogP contribution < -0.4 is 10.6 Å². The number of carbonyl (C=O) groups is 1. The summed E-state index contributed by atoms with van der Waals surface area (Å²) in [5, 5.41) is 6.75. The van der Waals surface area contributed by atoms with E-state index in [2.05, 4.69) is 10.6 Å². The Balaban J connectivity index is 1.69. The minimum atomic E-state index is -0.0713. The number of piperidine rings is 1. The van der Waals surface area contributed by atoms with Crippen LogP contribution in [0.25, 0.3) is 0 Å². The largest absolute Gasteiger partial charge is 0.378 e. The molecule has 2 rings (SSSR count). The molecule has 2 heterocycles. The molecule has 0 saturated carbocycles. The monoisotopic (exact) mass is 255 g/mol. The standard InChI is InChI=1S/C13H25N3O2/c1-11(13(17)16-6-8-18-9-7-16)15-10-12-2-4-14-5-3-12/h11-12,14-15H,2-10H2,1H3. The Labute approximate surface area is 109 Å². The summed E-state index contributed by atoms with van der Waals surface area (Å²) in [6.45, 7) is 7.96. The molecule has 0 bridgehead atoms. The van der Waals surface area contributed by atoms with Crippen LogP contribution in [0.2, 0.25) is 0 Å². The molecule has 104 valence electrons. The van der Waals surface area contributed by atoms with Gasteiger partial charge in [0.25, 0.3) is 0 Å². The van der Waals surface area contributed by atoms with Crippen molar-refractivity contribution in [3.8, 4) is 0 Å². The summed E-state index contributed by atoms with van der Waals surface area (Å²) in [4.78, 5) is 14.1. The molecule has 1 atom stereocenters. The van der Waals surface area contributed by atoms with Gasteiger partial charge >= 0.3 is 0 Å². The highest BCUT2D eigenvalue weighted by atomic mass is 16.5. The van der Waals surface area contributed by atoms with Crippen LogP contribution in [0, 0.1) is 5.92 Å². The fraction of sp³-hybridized carbons (Fsp3) is 0.923. The molecule has 2 aliphatic heterocycles. The Morgan fingerprint density at radius 2 is 2.06 bits per heavy atom. The van der Waals surface area contributed by atoms with E-state index < -0.39 is 0 Å². The Morgan fingerprint density at radius 1 is 1.39 bits per heavy atom. The zero-order valence-electron chi connectivity index (χ0n) is 11.3. The molecule has 18 heavy (non-hydrogen) atoms. The average Bonchev–Trinajstić information content (AvgIpc) is 2.46. The number of hydrogen-bond donors (Lipinski definition) is 2. The summed E-state index contributed by atoms with van der Waals surface area (Å²) >= 11 is 0. The molecule has 0 aromatic rings. The highest BCUT2D eigenvalue weighted by molar-refractivity contribution is 5.81. The van der Waals surface area contributed by atoms with Gasteiger partial charge in [-0.05, 0) is 45.3 Å². The van der Waals surface area contributed by atoms with E-state index in [1.165, 1.54) is 12.8 Å². The van der Waals surface area contributed by atoms with E-state index in [4.69, 9.17) is 4.74 Å². The van der Waals surface area contributed by atoms with Gasteiger partial charge in [0.1, 0.15) is 0 Å². The van der Waals surface area contributed by atoms with Gasteiger partial charge in [0.05, 0.1) is 19.3 Å². The second-order valence-corrected chi connectivity index (χ2v) is 5.26. The number of amides is 1. The van der Waals surface area contributed by atoms with Crippen molar-refractivity contribution < 1.29 is 9.53 Å². The normalized spacial score (nSPS) is 23.9. The molecule has 0 aromatic heterocycles. The number of hydrogen-bond acceptors (Lipinski definition) is 4. The van der Waals surface area contributed by atoms with Crippen molar-refractivity contribution >= 4 is 5.91 Å². The van der Waals surface area contributed by atoms with Crippen molar-refractivity contribution in [3.63, 3.8) is 0 Å². The van der Waals surface area contributed by atoms with Gasteiger partial charge in [-0.3, -0.25) is 4.79 Å². The summed E-state index contributed by atoms with van der Waals surface area (Å²) in [5.74, 6) is 0.929. The van der Waals surface area contributed by atoms with Gasteiger partial charge in [0.15, 0.2) is 0 Å². The van der Waals surface area contributed by atoms with Gasteiger partial charge < -0.3 is 20.3 Å². The summed E-state index contributed by atoms with van der Waals surface area (Å²) < 4.78 is 5.26. The number of morpholine rings is 1. The van der Waals surface area contributed by atoms with Crippen molar-refractivity contribution in [2.75, 3.05) is 45.9 Å². The van der Waals surface area contributed by atoms with E-state index >= 15 is 0 Å². The summed E-state index contributed by atoms with van der Waals surface area (Å²) in [5.41, 5.74) is 0. The molecule has 2 saturated heterocycles. The van der Waals surface area contributed by atoms with Gasteiger partial charge in [-0.1, -0.05) is 0 Å². The SMILES string of the molecule is CC(NCC1CCNCC1)C(=O)N1CCOCC1. The molecule has 2 N–H and O–H groups in total. The van der Waals surface area contributed by atoms with Gasteiger partial charge in [0.2, 0.25) is 5.91 Å². The smallest absolute Gasteiger partial charge is 0.239 e. The maximum Gasteiger partial charge on any atom is 0.239 e. The third-order valence-electron chi connectivity index (χ3n) is 3.86. The predicted octanol–water partition coefficient (Wildman–Crippen LogP) is -0.177. The lowest BCUT2D eigenvalue weighted by atomic mass is 9.98. The van der Waals surface area contributed by atoms with Crippen LogP contribution in [-0.4, -0.2) is 62.8 Å². The molecule has 1 amide bonds. The van der Waals surface area contributed by atoms with Crippen LogP contribution in [0.15, 0.2) is 0 Å². The van der Waals surface area contributed by atoms with Crippen LogP contribution in [0.4, 0.5) is 0 Å². The molecule has 0 aliphatic carbocycles. The van der Waals surface area contributed by atoms with E-state index in [0.717, 1.165) is 32.7 Å². The third kappa shape index (κ3) is 3.93. The number of carbonyl (C=O) groups excluding carboxylic acids is 1. The molecule has 2 fully saturated rings. The van der Waals surface area contributed by atoms with Crippen LogP contribution in [-0.2, 0) is 9.53 Å². The quantitative estimate of drug-likeness (QED) is 0.732. The molecular formula is C13H25N3O2. The van der Waals surface area contributed by atoms with E-state index in [1.54, 1.807) is 0 Å². The average molecular weight is 255 g/mol. The van der Waals surface area contributed by atoms with Crippen molar-refractivity contribution in [3.05, 3.63) is 0 Å². The van der Waals surface area contributed by atoms with E-state index in [-0.39, 0.29) is 11.9 Å².